The van der Waals surface area contributed by atoms with E-state index in [0.29, 0.717) is 10.8 Å². The van der Waals surface area contributed by atoms with Crippen LogP contribution in [0.1, 0.15) is 33.3 Å². The molecule has 94 valence electrons. The van der Waals surface area contributed by atoms with E-state index in [9.17, 15) is 4.39 Å². The molecule has 0 bridgehead atoms. The summed E-state index contributed by atoms with van der Waals surface area (Å²) in [6.45, 7) is 7.88. The molecule has 0 saturated carbocycles. The largest absolute Gasteiger partial charge is 0.485 e. The van der Waals surface area contributed by atoms with E-state index < -0.39 is 0 Å². The number of hydrogen-bond acceptors (Lipinski definition) is 1. The van der Waals surface area contributed by atoms with Crippen LogP contribution in [0.25, 0.3) is 0 Å². The third-order valence-electron chi connectivity index (χ3n) is 2.48. The van der Waals surface area contributed by atoms with Crippen LogP contribution in [-0.4, -0.2) is 6.61 Å². The Hall–Kier alpha value is -1.02. The van der Waals surface area contributed by atoms with Crippen molar-refractivity contribution in [2.24, 2.45) is 0 Å². The first-order valence-electron chi connectivity index (χ1n) is 5.58. The van der Waals surface area contributed by atoms with Crippen LogP contribution in [0, 0.1) is 0 Å². The van der Waals surface area contributed by atoms with E-state index in [-0.39, 0.29) is 17.8 Å². The molecule has 0 atom stereocenters. The number of benzene rings is 1. The second-order valence-electron chi connectivity index (χ2n) is 4.92. The fourth-order valence-corrected chi connectivity index (χ4v) is 1.55. The van der Waals surface area contributed by atoms with Gasteiger partial charge in [-0.15, -0.1) is 0 Å². The molecule has 0 amide bonds. The highest BCUT2D eigenvalue weighted by atomic mass is 35.5. The van der Waals surface area contributed by atoms with Gasteiger partial charge >= 0.3 is 0 Å². The van der Waals surface area contributed by atoms with E-state index in [2.05, 4.69) is 20.8 Å². The van der Waals surface area contributed by atoms with Crippen molar-refractivity contribution < 1.29 is 9.13 Å². The summed E-state index contributed by atoms with van der Waals surface area (Å²) in [6, 6.07) is 5.60. The third-order valence-corrected chi connectivity index (χ3v) is 2.77. The summed E-state index contributed by atoms with van der Waals surface area (Å²) in [5.74, 6) is 0.206. The van der Waals surface area contributed by atoms with Crippen LogP contribution in [-0.2, 0) is 5.41 Å². The molecule has 0 aliphatic carbocycles. The average molecular weight is 257 g/mol. The van der Waals surface area contributed by atoms with E-state index in [4.69, 9.17) is 16.3 Å². The summed E-state index contributed by atoms with van der Waals surface area (Å²) in [5.41, 5.74) is 1.16. The lowest BCUT2D eigenvalue weighted by atomic mass is 9.87. The normalized spacial score (nSPS) is 12.7. The van der Waals surface area contributed by atoms with Gasteiger partial charge in [-0.3, -0.25) is 0 Å². The Kier molecular flexibility index (Phi) is 4.58. The number of hydrogen-bond donors (Lipinski definition) is 0. The van der Waals surface area contributed by atoms with E-state index in [1.807, 2.05) is 12.1 Å². The van der Waals surface area contributed by atoms with Crippen molar-refractivity contribution in [1.82, 2.24) is 0 Å². The fraction of sp³-hybridized carbons (Fsp3) is 0.429. The van der Waals surface area contributed by atoms with Crippen molar-refractivity contribution in [3.8, 4) is 5.75 Å². The van der Waals surface area contributed by atoms with Crippen molar-refractivity contribution in [2.75, 3.05) is 6.61 Å². The molecule has 0 fully saturated rings. The highest BCUT2D eigenvalue weighted by Crippen LogP contribution is 2.31. The highest BCUT2D eigenvalue weighted by Gasteiger charge is 2.15. The SMILES string of the molecule is CC=C(F)COc1ccc(C(C)(C)C)cc1Cl. The van der Waals surface area contributed by atoms with Gasteiger partial charge in [0.15, 0.2) is 0 Å². The molecule has 0 aliphatic rings. The van der Waals surface area contributed by atoms with Gasteiger partial charge in [0.1, 0.15) is 18.2 Å². The Bertz CT molecular complexity index is 419. The summed E-state index contributed by atoms with van der Waals surface area (Å²) in [4.78, 5) is 0. The second-order valence-corrected chi connectivity index (χ2v) is 5.33. The van der Waals surface area contributed by atoms with Gasteiger partial charge in [0.05, 0.1) is 5.02 Å². The summed E-state index contributed by atoms with van der Waals surface area (Å²) >= 11 is 6.10. The standard InChI is InChI=1S/C14H18ClFO/c1-5-11(16)9-17-13-7-6-10(8-12(13)15)14(2,3)4/h5-8H,9H2,1-4H3. The van der Waals surface area contributed by atoms with Crippen LogP contribution in [0.2, 0.25) is 5.02 Å². The Morgan fingerprint density at radius 1 is 1.41 bits per heavy atom. The Balaban J connectivity index is 2.84. The van der Waals surface area contributed by atoms with Crippen molar-refractivity contribution in [3.05, 3.63) is 40.7 Å². The van der Waals surface area contributed by atoms with Gasteiger partial charge in [-0.2, -0.15) is 0 Å². The molecular formula is C14H18ClFO. The number of rotatable bonds is 3. The summed E-state index contributed by atoms with van der Waals surface area (Å²) in [5, 5.41) is 0.515. The minimum atomic E-state index is -0.305. The predicted molar refractivity (Wildman–Crippen MR) is 70.5 cm³/mol. The van der Waals surface area contributed by atoms with Gasteiger partial charge in [0.25, 0.3) is 0 Å². The fourth-order valence-electron chi connectivity index (χ4n) is 1.31. The first-order valence-corrected chi connectivity index (χ1v) is 5.96. The lowest BCUT2D eigenvalue weighted by molar-refractivity contribution is 0.318. The maximum absolute atomic E-state index is 12.9. The maximum atomic E-state index is 12.9. The van der Waals surface area contributed by atoms with E-state index in [1.165, 1.54) is 6.08 Å². The molecule has 0 aliphatic heterocycles. The van der Waals surface area contributed by atoms with Crippen LogP contribution in [0.4, 0.5) is 4.39 Å². The van der Waals surface area contributed by atoms with Crippen molar-refractivity contribution in [1.29, 1.82) is 0 Å². The number of allylic oxidation sites excluding steroid dienone is 1. The van der Waals surface area contributed by atoms with Gasteiger partial charge in [0.2, 0.25) is 0 Å². The quantitative estimate of drug-likeness (QED) is 0.748. The van der Waals surface area contributed by atoms with Crippen LogP contribution in [0.5, 0.6) is 5.75 Å². The van der Waals surface area contributed by atoms with Gasteiger partial charge in [-0.1, -0.05) is 44.5 Å². The molecule has 1 aromatic rings. The Morgan fingerprint density at radius 2 is 2.06 bits per heavy atom. The topological polar surface area (TPSA) is 9.23 Å². The van der Waals surface area contributed by atoms with Crippen molar-refractivity contribution in [3.63, 3.8) is 0 Å². The van der Waals surface area contributed by atoms with Gasteiger partial charge in [0, 0.05) is 0 Å². The molecule has 1 aromatic carbocycles. The first-order chi connectivity index (χ1) is 7.84. The number of ether oxygens (including phenoxy) is 1. The van der Waals surface area contributed by atoms with Crippen molar-refractivity contribution >= 4 is 11.6 Å². The zero-order valence-electron chi connectivity index (χ0n) is 10.7. The molecule has 1 rings (SSSR count). The minimum absolute atomic E-state index is 0.0384. The Labute approximate surface area is 107 Å². The molecule has 0 heterocycles. The van der Waals surface area contributed by atoms with Gasteiger partial charge in [-0.25, -0.2) is 4.39 Å². The van der Waals surface area contributed by atoms with E-state index in [1.54, 1.807) is 13.0 Å². The van der Waals surface area contributed by atoms with Crippen LogP contribution in [0.3, 0.4) is 0 Å². The van der Waals surface area contributed by atoms with Crippen LogP contribution in [0.15, 0.2) is 30.1 Å². The molecule has 0 unspecified atom stereocenters. The third kappa shape index (κ3) is 4.04. The molecule has 3 heteroatoms. The lowest BCUT2D eigenvalue weighted by Crippen LogP contribution is -2.11. The molecule has 0 spiro atoms. The average Bonchev–Trinajstić information content (AvgIpc) is 2.25. The number of halogens is 2. The predicted octanol–water partition coefficient (Wildman–Crippen LogP) is 4.89. The minimum Gasteiger partial charge on any atom is -0.485 e. The maximum Gasteiger partial charge on any atom is 0.139 e. The molecule has 17 heavy (non-hydrogen) atoms. The molecule has 0 aromatic heterocycles. The Morgan fingerprint density at radius 3 is 2.53 bits per heavy atom. The molecule has 0 radical (unpaired) electrons. The van der Waals surface area contributed by atoms with Gasteiger partial charge in [-0.05, 0) is 30.0 Å². The molecule has 1 nitrogen and oxygen atoms in total. The highest BCUT2D eigenvalue weighted by molar-refractivity contribution is 6.32. The lowest BCUT2D eigenvalue weighted by Gasteiger charge is -2.20. The van der Waals surface area contributed by atoms with Crippen molar-refractivity contribution in [2.45, 2.75) is 33.1 Å². The van der Waals surface area contributed by atoms with Gasteiger partial charge < -0.3 is 4.74 Å². The monoisotopic (exact) mass is 256 g/mol. The van der Waals surface area contributed by atoms with Crippen LogP contribution >= 0.6 is 11.6 Å². The molecule has 0 N–H and O–H groups in total. The molecular weight excluding hydrogens is 239 g/mol. The second kappa shape index (κ2) is 5.54. The summed E-state index contributed by atoms with van der Waals surface area (Å²) in [6.07, 6.45) is 1.37. The first kappa shape index (κ1) is 14.0. The van der Waals surface area contributed by atoms with Crippen LogP contribution < -0.4 is 4.74 Å². The molecule has 0 saturated heterocycles. The van der Waals surface area contributed by atoms with E-state index in [0.717, 1.165) is 5.56 Å². The smallest absolute Gasteiger partial charge is 0.139 e. The summed E-state index contributed by atoms with van der Waals surface area (Å²) < 4.78 is 18.2. The zero-order chi connectivity index (χ0) is 13.1. The van der Waals surface area contributed by atoms with E-state index >= 15 is 0 Å². The zero-order valence-corrected chi connectivity index (χ0v) is 11.4. The summed E-state index contributed by atoms with van der Waals surface area (Å²) in [7, 11) is 0.